The standard InChI is InChI=1S/C14H14N4OS/c1-2-15-14-11(17-18-20-14)9-19-12-7-3-5-10-6-4-8-16-13(10)12/h3-8,15H,2,9H2,1H3. The van der Waals surface area contributed by atoms with Gasteiger partial charge < -0.3 is 10.1 Å². The highest BCUT2D eigenvalue weighted by Crippen LogP contribution is 2.25. The number of aromatic nitrogens is 3. The van der Waals surface area contributed by atoms with Crippen molar-refractivity contribution in [1.29, 1.82) is 0 Å². The summed E-state index contributed by atoms with van der Waals surface area (Å²) in [6.07, 6.45) is 1.77. The summed E-state index contributed by atoms with van der Waals surface area (Å²) in [5, 5.41) is 9.34. The molecule has 0 unspecified atom stereocenters. The van der Waals surface area contributed by atoms with Crippen LogP contribution in [0.5, 0.6) is 5.75 Å². The van der Waals surface area contributed by atoms with E-state index < -0.39 is 0 Å². The number of hydrogen-bond acceptors (Lipinski definition) is 6. The second-order valence-corrected chi connectivity index (χ2v) is 4.95. The van der Waals surface area contributed by atoms with E-state index in [1.165, 1.54) is 11.5 Å². The number of anilines is 1. The Bertz CT molecular complexity index is 708. The maximum absolute atomic E-state index is 5.85. The van der Waals surface area contributed by atoms with Gasteiger partial charge in [0.1, 0.15) is 28.6 Å². The third kappa shape index (κ3) is 2.55. The van der Waals surface area contributed by atoms with E-state index in [1.807, 2.05) is 37.3 Å². The van der Waals surface area contributed by atoms with Gasteiger partial charge in [-0.2, -0.15) is 0 Å². The third-order valence-corrected chi connectivity index (χ3v) is 3.58. The molecule has 0 aliphatic carbocycles. The Morgan fingerprint density at radius 3 is 3.05 bits per heavy atom. The monoisotopic (exact) mass is 286 g/mol. The topological polar surface area (TPSA) is 59.9 Å². The van der Waals surface area contributed by atoms with Crippen molar-refractivity contribution in [3.63, 3.8) is 0 Å². The molecule has 20 heavy (non-hydrogen) atoms. The van der Waals surface area contributed by atoms with Crippen LogP contribution in [0.1, 0.15) is 12.6 Å². The van der Waals surface area contributed by atoms with Gasteiger partial charge in [-0.1, -0.05) is 22.7 Å². The van der Waals surface area contributed by atoms with Crippen molar-refractivity contribution in [2.75, 3.05) is 11.9 Å². The van der Waals surface area contributed by atoms with Crippen molar-refractivity contribution in [2.45, 2.75) is 13.5 Å². The molecule has 1 aromatic carbocycles. The van der Waals surface area contributed by atoms with Crippen LogP contribution < -0.4 is 10.1 Å². The van der Waals surface area contributed by atoms with E-state index in [2.05, 4.69) is 19.9 Å². The molecule has 102 valence electrons. The highest BCUT2D eigenvalue weighted by Gasteiger charge is 2.09. The van der Waals surface area contributed by atoms with Crippen LogP contribution in [0.3, 0.4) is 0 Å². The van der Waals surface area contributed by atoms with E-state index in [-0.39, 0.29) is 0 Å². The minimum Gasteiger partial charge on any atom is -0.485 e. The summed E-state index contributed by atoms with van der Waals surface area (Å²) < 4.78 is 9.80. The lowest BCUT2D eigenvalue weighted by molar-refractivity contribution is 0.305. The van der Waals surface area contributed by atoms with Crippen molar-refractivity contribution in [1.82, 2.24) is 14.6 Å². The fourth-order valence-corrected chi connectivity index (χ4v) is 2.57. The highest BCUT2D eigenvalue weighted by atomic mass is 32.1. The zero-order chi connectivity index (χ0) is 13.8. The molecule has 0 radical (unpaired) electrons. The number of nitrogens with one attached hydrogen (secondary N) is 1. The minimum absolute atomic E-state index is 0.383. The van der Waals surface area contributed by atoms with Crippen LogP contribution in [0.4, 0.5) is 5.00 Å². The molecule has 0 atom stereocenters. The van der Waals surface area contributed by atoms with Crippen LogP contribution in [-0.4, -0.2) is 21.1 Å². The van der Waals surface area contributed by atoms with Crippen molar-refractivity contribution in [3.8, 4) is 5.75 Å². The quantitative estimate of drug-likeness (QED) is 0.781. The van der Waals surface area contributed by atoms with Crippen molar-refractivity contribution < 1.29 is 4.74 Å². The van der Waals surface area contributed by atoms with Crippen molar-refractivity contribution >= 4 is 27.4 Å². The Morgan fingerprint density at radius 2 is 2.15 bits per heavy atom. The fraction of sp³-hybridized carbons (Fsp3) is 0.214. The molecule has 0 amide bonds. The van der Waals surface area contributed by atoms with Crippen LogP contribution in [0.2, 0.25) is 0 Å². The average molecular weight is 286 g/mol. The first-order valence-electron chi connectivity index (χ1n) is 6.40. The van der Waals surface area contributed by atoms with Crippen LogP contribution >= 0.6 is 11.5 Å². The molecule has 6 heteroatoms. The lowest BCUT2D eigenvalue weighted by atomic mass is 10.2. The summed E-state index contributed by atoms with van der Waals surface area (Å²) in [5.41, 5.74) is 1.69. The van der Waals surface area contributed by atoms with E-state index >= 15 is 0 Å². The fourth-order valence-electron chi connectivity index (χ4n) is 1.94. The maximum Gasteiger partial charge on any atom is 0.146 e. The van der Waals surface area contributed by atoms with Crippen LogP contribution in [0.15, 0.2) is 36.5 Å². The second-order valence-electron chi connectivity index (χ2n) is 4.20. The number of hydrogen-bond donors (Lipinski definition) is 1. The minimum atomic E-state index is 0.383. The SMILES string of the molecule is CCNc1snnc1COc1cccc2cccnc12. The Kier molecular flexibility index (Phi) is 3.73. The van der Waals surface area contributed by atoms with Gasteiger partial charge in [-0.15, -0.1) is 5.10 Å². The predicted molar refractivity (Wildman–Crippen MR) is 80.1 cm³/mol. The van der Waals surface area contributed by atoms with E-state index in [1.54, 1.807) is 6.20 Å². The zero-order valence-electron chi connectivity index (χ0n) is 11.0. The first-order valence-corrected chi connectivity index (χ1v) is 7.17. The van der Waals surface area contributed by atoms with Gasteiger partial charge in [-0.3, -0.25) is 4.98 Å². The van der Waals surface area contributed by atoms with E-state index in [0.29, 0.717) is 6.61 Å². The van der Waals surface area contributed by atoms with Gasteiger partial charge in [0.15, 0.2) is 0 Å². The number of rotatable bonds is 5. The first-order chi connectivity index (χ1) is 9.88. The van der Waals surface area contributed by atoms with Crippen molar-refractivity contribution in [3.05, 3.63) is 42.2 Å². The number of para-hydroxylation sites is 1. The molecule has 0 spiro atoms. The number of pyridine rings is 1. The Balaban J connectivity index is 1.81. The van der Waals surface area contributed by atoms with Crippen LogP contribution in [0, 0.1) is 0 Å². The number of fused-ring (bicyclic) bond motifs is 1. The molecule has 5 nitrogen and oxygen atoms in total. The molecule has 1 N–H and O–H groups in total. The lowest BCUT2D eigenvalue weighted by Crippen LogP contribution is -2.02. The Hall–Kier alpha value is -2.21. The summed E-state index contributed by atoms with van der Waals surface area (Å²) in [4.78, 5) is 4.37. The lowest BCUT2D eigenvalue weighted by Gasteiger charge is -2.08. The van der Waals surface area contributed by atoms with E-state index in [9.17, 15) is 0 Å². The molecule has 3 rings (SSSR count). The third-order valence-electron chi connectivity index (χ3n) is 2.85. The molecule has 2 heterocycles. The largest absolute Gasteiger partial charge is 0.485 e. The summed E-state index contributed by atoms with van der Waals surface area (Å²) >= 11 is 1.35. The van der Waals surface area contributed by atoms with Gasteiger partial charge in [0, 0.05) is 29.7 Å². The second kappa shape index (κ2) is 5.83. The maximum atomic E-state index is 5.85. The predicted octanol–water partition coefficient (Wildman–Crippen LogP) is 3.10. The first kappa shape index (κ1) is 12.8. The molecule has 0 fully saturated rings. The average Bonchev–Trinajstić information content (AvgIpc) is 2.93. The van der Waals surface area contributed by atoms with Gasteiger partial charge in [0.05, 0.1) is 0 Å². The van der Waals surface area contributed by atoms with Crippen LogP contribution in [0.25, 0.3) is 10.9 Å². The van der Waals surface area contributed by atoms with Gasteiger partial charge in [0.25, 0.3) is 0 Å². The normalized spacial score (nSPS) is 10.7. The smallest absolute Gasteiger partial charge is 0.146 e. The molecule has 0 saturated carbocycles. The molecular formula is C14H14N4OS. The van der Waals surface area contributed by atoms with Crippen molar-refractivity contribution in [2.24, 2.45) is 0 Å². The van der Waals surface area contributed by atoms with Gasteiger partial charge in [0.2, 0.25) is 0 Å². The van der Waals surface area contributed by atoms with Gasteiger partial charge >= 0.3 is 0 Å². The summed E-state index contributed by atoms with van der Waals surface area (Å²) in [5.74, 6) is 0.763. The zero-order valence-corrected chi connectivity index (χ0v) is 11.9. The number of benzene rings is 1. The van der Waals surface area contributed by atoms with Gasteiger partial charge in [-0.25, -0.2) is 0 Å². The Labute approximate surface area is 120 Å². The number of nitrogens with zero attached hydrogens (tertiary/aromatic N) is 3. The summed E-state index contributed by atoms with van der Waals surface area (Å²) in [7, 11) is 0. The van der Waals surface area contributed by atoms with E-state index in [0.717, 1.165) is 33.9 Å². The molecular weight excluding hydrogens is 272 g/mol. The summed E-state index contributed by atoms with van der Waals surface area (Å²) in [6.45, 7) is 3.26. The molecule has 0 saturated heterocycles. The van der Waals surface area contributed by atoms with Crippen LogP contribution in [-0.2, 0) is 6.61 Å². The molecule has 0 aliphatic rings. The summed E-state index contributed by atoms with van der Waals surface area (Å²) in [6, 6.07) is 9.83. The molecule has 2 aromatic heterocycles. The van der Waals surface area contributed by atoms with Gasteiger partial charge in [-0.05, 0) is 19.1 Å². The number of ether oxygens (including phenoxy) is 1. The Morgan fingerprint density at radius 1 is 1.25 bits per heavy atom. The molecule has 3 aromatic rings. The molecule has 0 bridgehead atoms. The van der Waals surface area contributed by atoms with E-state index in [4.69, 9.17) is 4.74 Å². The highest BCUT2D eigenvalue weighted by molar-refractivity contribution is 7.10. The molecule has 0 aliphatic heterocycles.